The number of amides is 1. The molecule has 1 aliphatic rings. The molecule has 2 heterocycles. The lowest BCUT2D eigenvalue weighted by Gasteiger charge is -2.25. The largest absolute Gasteiger partial charge is 0.507 e. The summed E-state index contributed by atoms with van der Waals surface area (Å²) in [6.07, 6.45) is 0. The molecule has 2 aromatic carbocycles. The number of hydrogen-bond acceptors (Lipinski definition) is 6. The van der Waals surface area contributed by atoms with Crippen molar-refractivity contribution < 1.29 is 24.2 Å². The van der Waals surface area contributed by atoms with Crippen molar-refractivity contribution in [2.75, 3.05) is 13.7 Å². The molecule has 32 heavy (non-hydrogen) atoms. The van der Waals surface area contributed by atoms with Crippen LogP contribution < -0.4 is 9.47 Å². The summed E-state index contributed by atoms with van der Waals surface area (Å²) in [5.41, 5.74) is 1.31. The van der Waals surface area contributed by atoms with Gasteiger partial charge in [0.2, 0.25) is 0 Å². The number of carbonyl (C=O) groups excluding carboxylic acids is 2. The zero-order chi connectivity index (χ0) is 22.7. The van der Waals surface area contributed by atoms with Gasteiger partial charge in [0.25, 0.3) is 11.7 Å². The Labute approximate surface area is 190 Å². The molecule has 1 unspecified atom stereocenters. The maximum Gasteiger partial charge on any atom is 0.295 e. The number of carbonyl (C=O) groups is 2. The average molecular weight is 450 g/mol. The minimum atomic E-state index is -0.704. The Balaban J connectivity index is 1.79. The van der Waals surface area contributed by atoms with Gasteiger partial charge < -0.3 is 19.5 Å². The molecule has 6 nitrogen and oxygen atoms in total. The molecule has 1 amide bonds. The molecule has 0 bridgehead atoms. The van der Waals surface area contributed by atoms with Gasteiger partial charge in [0, 0.05) is 16.0 Å². The number of aliphatic hydroxyl groups is 1. The maximum atomic E-state index is 13.1. The van der Waals surface area contributed by atoms with Crippen molar-refractivity contribution in [1.29, 1.82) is 0 Å². The topological polar surface area (TPSA) is 76.1 Å². The quantitative estimate of drug-likeness (QED) is 0.319. The van der Waals surface area contributed by atoms with Crippen LogP contribution in [0.15, 0.2) is 71.6 Å². The third-order valence-corrected chi connectivity index (χ3v) is 6.25. The van der Waals surface area contributed by atoms with Crippen LogP contribution in [0.1, 0.15) is 29.0 Å². The molecule has 0 spiro atoms. The summed E-state index contributed by atoms with van der Waals surface area (Å²) in [7, 11) is 1.57. The first kappa shape index (κ1) is 21.6. The molecule has 1 atom stereocenters. The average Bonchev–Trinajstić information content (AvgIpc) is 3.42. The SMILES string of the molecule is CCOc1ccc(/C(O)=C2/C(=O)C(=O)N(Cc3ccccc3OC)C2c2cccs2)cc1. The van der Waals surface area contributed by atoms with E-state index in [1.165, 1.54) is 16.2 Å². The lowest BCUT2D eigenvalue weighted by molar-refractivity contribution is -0.140. The summed E-state index contributed by atoms with van der Waals surface area (Å²) < 4.78 is 10.9. The number of Topliss-reactive ketones (excluding diaryl/α,β-unsaturated/α-hetero) is 1. The predicted octanol–water partition coefficient (Wildman–Crippen LogP) is 4.78. The molecular formula is C25H23NO5S. The fourth-order valence-electron chi connectivity index (χ4n) is 3.83. The second-order valence-corrected chi connectivity index (χ2v) is 8.19. The van der Waals surface area contributed by atoms with E-state index in [0.29, 0.717) is 23.7 Å². The lowest BCUT2D eigenvalue weighted by Crippen LogP contribution is -2.29. The standard InChI is InChI=1S/C25H23NO5S/c1-3-31-18-12-10-16(11-13-18)23(27)21-22(20-9-6-14-32-20)26(25(29)24(21)28)15-17-7-4-5-8-19(17)30-2/h4-14,22,27H,3,15H2,1-2H3/b23-21-. The zero-order valence-electron chi connectivity index (χ0n) is 17.8. The van der Waals surface area contributed by atoms with Crippen LogP contribution in [0.25, 0.3) is 5.76 Å². The first-order valence-corrected chi connectivity index (χ1v) is 11.1. The van der Waals surface area contributed by atoms with Crippen LogP contribution in [0, 0.1) is 0 Å². The van der Waals surface area contributed by atoms with Crippen LogP contribution in [-0.2, 0) is 16.1 Å². The van der Waals surface area contributed by atoms with Crippen LogP contribution in [0.5, 0.6) is 11.5 Å². The minimum Gasteiger partial charge on any atom is -0.507 e. The molecule has 0 saturated carbocycles. The second kappa shape index (κ2) is 9.28. The van der Waals surface area contributed by atoms with Crippen LogP contribution >= 0.6 is 11.3 Å². The normalized spacial score (nSPS) is 17.6. The maximum absolute atomic E-state index is 13.1. The second-order valence-electron chi connectivity index (χ2n) is 7.21. The third-order valence-electron chi connectivity index (χ3n) is 5.32. The van der Waals surface area contributed by atoms with Gasteiger partial charge >= 0.3 is 0 Å². The number of thiophene rings is 1. The first-order chi connectivity index (χ1) is 15.5. The number of likely N-dealkylation sites (tertiary alicyclic amines) is 1. The monoisotopic (exact) mass is 449 g/mol. The number of ether oxygens (including phenoxy) is 2. The van der Waals surface area contributed by atoms with Crippen molar-refractivity contribution in [3.8, 4) is 11.5 Å². The first-order valence-electron chi connectivity index (χ1n) is 10.2. The fourth-order valence-corrected chi connectivity index (χ4v) is 4.68. The van der Waals surface area contributed by atoms with Crippen LogP contribution in [0.4, 0.5) is 0 Å². The highest BCUT2D eigenvalue weighted by atomic mass is 32.1. The van der Waals surface area contributed by atoms with Crippen molar-refractivity contribution in [1.82, 2.24) is 4.90 Å². The molecule has 164 valence electrons. The van der Waals surface area contributed by atoms with E-state index < -0.39 is 17.7 Å². The Kier molecular flexibility index (Phi) is 6.28. The van der Waals surface area contributed by atoms with Crippen molar-refractivity contribution in [3.05, 3.63) is 87.6 Å². The number of benzene rings is 2. The summed E-state index contributed by atoms with van der Waals surface area (Å²) in [4.78, 5) is 28.5. The zero-order valence-corrected chi connectivity index (χ0v) is 18.6. The van der Waals surface area contributed by atoms with Gasteiger partial charge in [-0.1, -0.05) is 24.3 Å². The van der Waals surface area contributed by atoms with Gasteiger partial charge in [0.1, 0.15) is 17.3 Å². The van der Waals surface area contributed by atoms with Crippen molar-refractivity contribution in [3.63, 3.8) is 0 Å². The number of hydrogen-bond donors (Lipinski definition) is 1. The van der Waals surface area contributed by atoms with E-state index in [0.717, 1.165) is 10.4 Å². The van der Waals surface area contributed by atoms with E-state index in [-0.39, 0.29) is 17.9 Å². The van der Waals surface area contributed by atoms with Gasteiger partial charge in [-0.3, -0.25) is 9.59 Å². The Morgan fingerprint density at radius 1 is 1.06 bits per heavy atom. The number of para-hydroxylation sites is 1. The molecule has 1 aromatic heterocycles. The molecule has 0 radical (unpaired) electrons. The summed E-state index contributed by atoms with van der Waals surface area (Å²) in [6.45, 7) is 2.59. The molecule has 7 heteroatoms. The minimum absolute atomic E-state index is 0.0801. The van der Waals surface area contributed by atoms with Crippen LogP contribution in [0.3, 0.4) is 0 Å². The lowest BCUT2D eigenvalue weighted by atomic mass is 9.99. The highest BCUT2D eigenvalue weighted by Crippen LogP contribution is 2.42. The molecule has 1 N–H and O–H groups in total. The summed E-state index contributed by atoms with van der Waals surface area (Å²) in [5, 5.41) is 13.0. The molecule has 1 fully saturated rings. The summed E-state index contributed by atoms with van der Waals surface area (Å²) in [6, 6.07) is 17.2. The predicted molar refractivity (Wildman–Crippen MR) is 123 cm³/mol. The van der Waals surface area contributed by atoms with Crippen LogP contribution in [-0.4, -0.2) is 35.4 Å². The Hall–Kier alpha value is -3.58. The Morgan fingerprint density at radius 3 is 2.47 bits per heavy atom. The highest BCUT2D eigenvalue weighted by molar-refractivity contribution is 7.10. The third kappa shape index (κ3) is 3.99. The van der Waals surface area contributed by atoms with Crippen molar-refractivity contribution >= 4 is 28.8 Å². The van der Waals surface area contributed by atoms with Gasteiger partial charge in [0.05, 0.1) is 31.9 Å². The fraction of sp³-hybridized carbons (Fsp3) is 0.200. The number of methoxy groups -OCH3 is 1. The number of aliphatic hydroxyl groups excluding tert-OH is 1. The number of nitrogens with zero attached hydrogens (tertiary/aromatic N) is 1. The van der Waals surface area contributed by atoms with E-state index in [2.05, 4.69) is 0 Å². The molecule has 1 aliphatic heterocycles. The van der Waals surface area contributed by atoms with Gasteiger partial charge in [-0.05, 0) is 48.7 Å². The Morgan fingerprint density at radius 2 is 1.81 bits per heavy atom. The number of rotatable bonds is 7. The molecule has 4 rings (SSSR count). The smallest absolute Gasteiger partial charge is 0.295 e. The number of ketones is 1. The van der Waals surface area contributed by atoms with Gasteiger partial charge in [-0.2, -0.15) is 0 Å². The van der Waals surface area contributed by atoms with E-state index in [1.54, 1.807) is 31.4 Å². The summed E-state index contributed by atoms with van der Waals surface area (Å²) in [5.74, 6) is -0.264. The van der Waals surface area contributed by atoms with E-state index in [1.807, 2.05) is 48.7 Å². The van der Waals surface area contributed by atoms with Crippen LogP contribution in [0.2, 0.25) is 0 Å². The van der Waals surface area contributed by atoms with Gasteiger partial charge in [-0.25, -0.2) is 0 Å². The van der Waals surface area contributed by atoms with Gasteiger partial charge in [0.15, 0.2) is 0 Å². The molecular weight excluding hydrogens is 426 g/mol. The van der Waals surface area contributed by atoms with Crippen molar-refractivity contribution in [2.24, 2.45) is 0 Å². The Bertz CT molecular complexity index is 1150. The van der Waals surface area contributed by atoms with Gasteiger partial charge in [-0.15, -0.1) is 11.3 Å². The van der Waals surface area contributed by atoms with E-state index >= 15 is 0 Å². The summed E-state index contributed by atoms with van der Waals surface area (Å²) >= 11 is 1.43. The molecule has 3 aromatic rings. The molecule has 1 saturated heterocycles. The molecule has 0 aliphatic carbocycles. The van der Waals surface area contributed by atoms with E-state index in [9.17, 15) is 14.7 Å². The highest BCUT2D eigenvalue weighted by Gasteiger charge is 2.46. The van der Waals surface area contributed by atoms with E-state index in [4.69, 9.17) is 9.47 Å². The van der Waals surface area contributed by atoms with Crippen molar-refractivity contribution in [2.45, 2.75) is 19.5 Å².